The molecule has 6 heteroatoms. The highest BCUT2D eigenvalue weighted by Crippen LogP contribution is 2.12. The van der Waals surface area contributed by atoms with Gasteiger partial charge in [-0.05, 0) is 37.6 Å². The number of carbonyl (C=O) groups excluding carboxylic acids is 1. The maximum Gasteiger partial charge on any atom is 0.340 e. The van der Waals surface area contributed by atoms with Crippen molar-refractivity contribution in [3.63, 3.8) is 0 Å². The van der Waals surface area contributed by atoms with Crippen molar-refractivity contribution >= 4 is 30.3 Å². The van der Waals surface area contributed by atoms with Gasteiger partial charge in [-0.1, -0.05) is 18.2 Å². The van der Waals surface area contributed by atoms with Crippen LogP contribution in [0.4, 0.5) is 4.79 Å². The minimum absolute atomic E-state index is 0. The zero-order valence-corrected chi connectivity index (χ0v) is 12.6. The van der Waals surface area contributed by atoms with Crippen molar-refractivity contribution in [3.8, 4) is 5.75 Å². The summed E-state index contributed by atoms with van der Waals surface area (Å²) in [6.45, 7) is 3.91. The molecule has 0 fully saturated rings. The van der Waals surface area contributed by atoms with Crippen LogP contribution in [0.3, 0.4) is 0 Å². The van der Waals surface area contributed by atoms with Crippen LogP contribution in [-0.2, 0) is 0 Å². The quantitative estimate of drug-likeness (QED) is 0.662. The van der Waals surface area contributed by atoms with E-state index in [2.05, 4.69) is 10.3 Å². The SMILES string of the molecule is COc1ccc(/C=C/C(=N\C(N)=O)NC(C)C)cc1.Cl. The summed E-state index contributed by atoms with van der Waals surface area (Å²) in [5, 5.41) is 3.04. The Bertz CT molecular complexity index is 482. The van der Waals surface area contributed by atoms with E-state index in [9.17, 15) is 4.79 Å². The number of hydrogen-bond acceptors (Lipinski definition) is 2. The third kappa shape index (κ3) is 6.80. The van der Waals surface area contributed by atoms with Crippen molar-refractivity contribution in [1.29, 1.82) is 0 Å². The molecule has 1 aromatic carbocycles. The number of ether oxygens (including phenoxy) is 1. The van der Waals surface area contributed by atoms with Gasteiger partial charge in [0.25, 0.3) is 0 Å². The van der Waals surface area contributed by atoms with Gasteiger partial charge in [-0.2, -0.15) is 4.99 Å². The van der Waals surface area contributed by atoms with Crippen LogP contribution in [0, 0.1) is 0 Å². The molecule has 0 radical (unpaired) electrons. The molecule has 0 unspecified atom stereocenters. The number of hydrogen-bond donors (Lipinski definition) is 2. The molecule has 0 saturated heterocycles. The molecule has 1 rings (SSSR count). The number of nitrogens with zero attached hydrogens (tertiary/aromatic N) is 1. The normalized spacial score (nSPS) is 11.3. The molecule has 5 nitrogen and oxygen atoms in total. The Morgan fingerprint density at radius 3 is 2.40 bits per heavy atom. The summed E-state index contributed by atoms with van der Waals surface area (Å²) in [7, 11) is 1.62. The Kier molecular flexibility index (Phi) is 8.08. The average Bonchev–Trinajstić information content (AvgIpc) is 2.35. The topological polar surface area (TPSA) is 76.7 Å². The molecule has 3 N–H and O–H groups in total. The first kappa shape index (κ1) is 18.0. The average molecular weight is 298 g/mol. The first-order chi connectivity index (χ1) is 9.01. The standard InChI is InChI=1S/C14H19N3O2.ClH/c1-10(2)16-13(17-14(15)18)9-6-11-4-7-12(19-3)8-5-11;/h4-10H,1-3H3,(H3,15,16,17,18);1H/b9-6+;. The molecule has 2 amide bonds. The molecule has 20 heavy (non-hydrogen) atoms. The van der Waals surface area contributed by atoms with Gasteiger partial charge in [0.1, 0.15) is 11.6 Å². The van der Waals surface area contributed by atoms with Gasteiger partial charge in [-0.15, -0.1) is 12.4 Å². The predicted molar refractivity (Wildman–Crippen MR) is 84.6 cm³/mol. The van der Waals surface area contributed by atoms with Gasteiger partial charge >= 0.3 is 6.03 Å². The molecule has 0 saturated carbocycles. The van der Waals surface area contributed by atoms with Crippen LogP contribution >= 0.6 is 12.4 Å². The fourth-order valence-corrected chi connectivity index (χ4v) is 1.42. The number of halogens is 1. The number of urea groups is 1. The van der Waals surface area contributed by atoms with Gasteiger partial charge in [-0.25, -0.2) is 4.79 Å². The first-order valence-corrected chi connectivity index (χ1v) is 5.98. The van der Waals surface area contributed by atoms with Gasteiger partial charge in [0.2, 0.25) is 0 Å². The van der Waals surface area contributed by atoms with E-state index in [0.717, 1.165) is 11.3 Å². The van der Waals surface area contributed by atoms with E-state index in [1.165, 1.54) is 0 Å². The van der Waals surface area contributed by atoms with Crippen LogP contribution in [0.5, 0.6) is 5.75 Å². The smallest absolute Gasteiger partial charge is 0.340 e. The number of methoxy groups -OCH3 is 1. The number of aliphatic imine (C=N–C) groups is 1. The largest absolute Gasteiger partial charge is 0.497 e. The van der Waals surface area contributed by atoms with Gasteiger partial charge < -0.3 is 15.8 Å². The molecule has 0 aliphatic heterocycles. The lowest BCUT2D eigenvalue weighted by molar-refractivity contribution is 0.256. The van der Waals surface area contributed by atoms with E-state index < -0.39 is 6.03 Å². The summed E-state index contributed by atoms with van der Waals surface area (Å²) in [6.07, 6.45) is 3.56. The molecule has 1 aromatic rings. The van der Waals surface area contributed by atoms with Crippen molar-refractivity contribution in [1.82, 2.24) is 5.32 Å². The van der Waals surface area contributed by atoms with E-state index >= 15 is 0 Å². The maximum atomic E-state index is 10.8. The van der Waals surface area contributed by atoms with Gasteiger partial charge in [0.05, 0.1) is 7.11 Å². The monoisotopic (exact) mass is 297 g/mol. The summed E-state index contributed by atoms with van der Waals surface area (Å²) in [5.41, 5.74) is 6.03. The molecule has 0 atom stereocenters. The second kappa shape index (κ2) is 8.98. The van der Waals surface area contributed by atoms with Crippen LogP contribution < -0.4 is 15.8 Å². The highest BCUT2D eigenvalue weighted by atomic mass is 35.5. The Balaban J connectivity index is 0.00000361. The van der Waals surface area contributed by atoms with E-state index in [1.807, 2.05) is 44.2 Å². The fourth-order valence-electron chi connectivity index (χ4n) is 1.42. The van der Waals surface area contributed by atoms with Crippen LogP contribution in [0.1, 0.15) is 19.4 Å². The highest BCUT2D eigenvalue weighted by Gasteiger charge is 1.99. The highest BCUT2D eigenvalue weighted by molar-refractivity contribution is 6.02. The summed E-state index contributed by atoms with van der Waals surface area (Å²) in [4.78, 5) is 14.5. The lowest BCUT2D eigenvalue weighted by Gasteiger charge is -2.08. The summed E-state index contributed by atoms with van der Waals surface area (Å²) >= 11 is 0. The number of primary amides is 1. The summed E-state index contributed by atoms with van der Waals surface area (Å²) < 4.78 is 5.08. The molecule has 110 valence electrons. The maximum absolute atomic E-state index is 10.8. The van der Waals surface area contributed by atoms with E-state index in [4.69, 9.17) is 10.5 Å². The minimum Gasteiger partial charge on any atom is -0.497 e. The molecule has 0 heterocycles. The number of nitrogens with one attached hydrogen (secondary N) is 1. The number of carbonyl (C=O) groups is 1. The van der Waals surface area contributed by atoms with Crippen LogP contribution in [0.2, 0.25) is 0 Å². The number of benzene rings is 1. The molecular formula is C14H20ClN3O2. The summed E-state index contributed by atoms with van der Waals surface area (Å²) in [5.74, 6) is 1.24. The van der Waals surface area contributed by atoms with Gasteiger partial charge in [-0.3, -0.25) is 0 Å². The molecule has 0 aliphatic rings. The number of nitrogens with two attached hydrogens (primary N) is 1. The van der Waals surface area contributed by atoms with Crippen LogP contribution in [-0.4, -0.2) is 25.0 Å². The third-order valence-corrected chi connectivity index (χ3v) is 2.22. The van der Waals surface area contributed by atoms with Crippen LogP contribution in [0.25, 0.3) is 6.08 Å². The first-order valence-electron chi connectivity index (χ1n) is 5.98. The fraction of sp³-hybridized carbons (Fsp3) is 0.286. The van der Waals surface area contributed by atoms with Gasteiger partial charge in [0.15, 0.2) is 0 Å². The number of rotatable bonds is 4. The third-order valence-electron chi connectivity index (χ3n) is 2.22. The second-order valence-electron chi connectivity index (χ2n) is 4.24. The Morgan fingerprint density at radius 1 is 1.35 bits per heavy atom. The molecule has 0 bridgehead atoms. The molecule has 0 aromatic heterocycles. The van der Waals surface area contributed by atoms with E-state index in [-0.39, 0.29) is 18.4 Å². The van der Waals surface area contributed by atoms with Crippen molar-refractivity contribution in [2.24, 2.45) is 10.7 Å². The lowest BCUT2D eigenvalue weighted by Crippen LogP contribution is -2.30. The Hall–Kier alpha value is -2.01. The molecule has 0 aliphatic carbocycles. The minimum atomic E-state index is -0.720. The number of amides is 2. The zero-order chi connectivity index (χ0) is 14.3. The van der Waals surface area contributed by atoms with E-state index in [0.29, 0.717) is 5.84 Å². The lowest BCUT2D eigenvalue weighted by atomic mass is 10.2. The summed E-state index contributed by atoms with van der Waals surface area (Å²) in [6, 6.07) is 6.99. The van der Waals surface area contributed by atoms with Crippen LogP contribution in [0.15, 0.2) is 35.3 Å². The number of amidine groups is 1. The molecular weight excluding hydrogens is 278 g/mol. The second-order valence-corrected chi connectivity index (χ2v) is 4.24. The molecule has 0 spiro atoms. The van der Waals surface area contributed by atoms with Crippen molar-refractivity contribution < 1.29 is 9.53 Å². The van der Waals surface area contributed by atoms with Crippen molar-refractivity contribution in [2.45, 2.75) is 19.9 Å². The Labute approximate surface area is 125 Å². The van der Waals surface area contributed by atoms with E-state index in [1.54, 1.807) is 13.2 Å². The van der Waals surface area contributed by atoms with Gasteiger partial charge in [0, 0.05) is 6.04 Å². The zero-order valence-electron chi connectivity index (χ0n) is 11.8. The Morgan fingerprint density at radius 2 is 1.95 bits per heavy atom. The van der Waals surface area contributed by atoms with Crippen molar-refractivity contribution in [3.05, 3.63) is 35.9 Å². The van der Waals surface area contributed by atoms with Crippen molar-refractivity contribution in [2.75, 3.05) is 7.11 Å². The predicted octanol–water partition coefficient (Wildman–Crippen LogP) is 2.61.